The molecule has 0 rings (SSSR count). The van der Waals surface area contributed by atoms with Crippen molar-refractivity contribution >= 4 is 11.8 Å². The quantitative estimate of drug-likeness (QED) is 0.590. The molecule has 0 aliphatic rings. The molecular weight excluding hydrogens is 164 g/mol. The standard InChI is InChI=1S/C11H16S/c1-5-7-11(8-6-2)9-10(3)12-4/h5-9H,1H2,2-4H3/b8-6-,10-9-,11-7+. The molecule has 0 spiro atoms. The van der Waals surface area contributed by atoms with E-state index in [1.807, 2.05) is 19.1 Å². The summed E-state index contributed by atoms with van der Waals surface area (Å²) in [6, 6.07) is 0. The van der Waals surface area contributed by atoms with Gasteiger partial charge in [-0.25, -0.2) is 0 Å². The van der Waals surface area contributed by atoms with Crippen LogP contribution in [-0.4, -0.2) is 6.26 Å². The van der Waals surface area contributed by atoms with Gasteiger partial charge in [-0.3, -0.25) is 0 Å². The van der Waals surface area contributed by atoms with Gasteiger partial charge in [-0.2, -0.15) is 0 Å². The smallest absolute Gasteiger partial charge is 0.0140 e. The van der Waals surface area contributed by atoms with E-state index in [2.05, 4.69) is 31.9 Å². The second-order valence-electron chi connectivity index (χ2n) is 2.36. The number of hydrogen-bond donors (Lipinski definition) is 0. The highest BCUT2D eigenvalue weighted by atomic mass is 32.2. The molecule has 0 aliphatic carbocycles. The molecule has 12 heavy (non-hydrogen) atoms. The fraction of sp³-hybridized carbons (Fsp3) is 0.273. The molecule has 66 valence electrons. The summed E-state index contributed by atoms with van der Waals surface area (Å²) in [5, 5.41) is 0. The van der Waals surface area contributed by atoms with Gasteiger partial charge in [-0.15, -0.1) is 11.8 Å². The lowest BCUT2D eigenvalue weighted by Crippen LogP contribution is -1.72. The number of rotatable bonds is 4. The van der Waals surface area contributed by atoms with Crippen LogP contribution in [0.15, 0.2) is 47.4 Å². The molecule has 0 saturated heterocycles. The predicted molar refractivity (Wildman–Crippen MR) is 60.4 cm³/mol. The van der Waals surface area contributed by atoms with Gasteiger partial charge in [0, 0.05) is 0 Å². The Bertz CT molecular complexity index is 219. The lowest BCUT2D eigenvalue weighted by atomic mass is 10.2. The lowest BCUT2D eigenvalue weighted by Gasteiger charge is -1.95. The summed E-state index contributed by atoms with van der Waals surface area (Å²) in [7, 11) is 0. The van der Waals surface area contributed by atoms with Crippen LogP contribution in [0.1, 0.15) is 13.8 Å². The Morgan fingerprint density at radius 1 is 1.42 bits per heavy atom. The third-order valence-electron chi connectivity index (χ3n) is 1.36. The molecule has 0 saturated carbocycles. The molecule has 0 fully saturated rings. The van der Waals surface area contributed by atoms with Crippen LogP contribution in [0, 0.1) is 0 Å². The van der Waals surface area contributed by atoms with Crippen molar-refractivity contribution < 1.29 is 0 Å². The molecule has 0 aromatic carbocycles. The second-order valence-corrected chi connectivity index (χ2v) is 3.41. The van der Waals surface area contributed by atoms with Crippen molar-refractivity contribution in [1.82, 2.24) is 0 Å². The van der Waals surface area contributed by atoms with Crippen molar-refractivity contribution in [2.75, 3.05) is 6.26 Å². The highest BCUT2D eigenvalue weighted by molar-refractivity contribution is 8.02. The van der Waals surface area contributed by atoms with Crippen molar-refractivity contribution in [1.29, 1.82) is 0 Å². The molecular formula is C11H16S. The average Bonchev–Trinajstić information content (AvgIpc) is 2.05. The van der Waals surface area contributed by atoms with E-state index in [9.17, 15) is 0 Å². The zero-order valence-electron chi connectivity index (χ0n) is 8.00. The largest absolute Gasteiger partial charge is 0.134 e. The summed E-state index contributed by atoms with van der Waals surface area (Å²) >= 11 is 1.76. The minimum atomic E-state index is 1.19. The summed E-state index contributed by atoms with van der Waals surface area (Å²) in [4.78, 5) is 1.31. The second kappa shape index (κ2) is 6.99. The zero-order valence-corrected chi connectivity index (χ0v) is 8.82. The fourth-order valence-electron chi connectivity index (χ4n) is 0.774. The van der Waals surface area contributed by atoms with Crippen LogP contribution in [0.5, 0.6) is 0 Å². The van der Waals surface area contributed by atoms with Gasteiger partial charge in [0.05, 0.1) is 0 Å². The molecule has 0 atom stereocenters. The van der Waals surface area contributed by atoms with Gasteiger partial charge in [0.25, 0.3) is 0 Å². The van der Waals surface area contributed by atoms with Gasteiger partial charge in [-0.05, 0) is 36.7 Å². The lowest BCUT2D eigenvalue weighted by molar-refractivity contribution is 1.57. The van der Waals surface area contributed by atoms with Crippen molar-refractivity contribution in [3.05, 3.63) is 47.4 Å². The molecule has 0 aliphatic heterocycles. The molecule has 0 bridgehead atoms. The SMILES string of the molecule is C=C/C=C(\C=C/C)/C=C(/C)SC. The molecule has 0 aromatic heterocycles. The van der Waals surface area contributed by atoms with Crippen LogP contribution in [0.25, 0.3) is 0 Å². The molecule has 0 unspecified atom stereocenters. The van der Waals surface area contributed by atoms with Gasteiger partial charge in [-0.1, -0.05) is 30.9 Å². The Balaban J connectivity index is 4.53. The summed E-state index contributed by atoms with van der Waals surface area (Å²) in [5.41, 5.74) is 1.19. The van der Waals surface area contributed by atoms with Crippen LogP contribution < -0.4 is 0 Å². The van der Waals surface area contributed by atoms with E-state index in [1.165, 1.54) is 10.5 Å². The first-order valence-corrected chi connectivity index (χ1v) is 5.14. The van der Waals surface area contributed by atoms with Gasteiger partial charge >= 0.3 is 0 Å². The van der Waals surface area contributed by atoms with Gasteiger partial charge in [0.2, 0.25) is 0 Å². The van der Waals surface area contributed by atoms with Crippen molar-refractivity contribution in [3.63, 3.8) is 0 Å². The van der Waals surface area contributed by atoms with Crippen molar-refractivity contribution in [3.8, 4) is 0 Å². The van der Waals surface area contributed by atoms with Gasteiger partial charge < -0.3 is 0 Å². The number of thioether (sulfide) groups is 1. The van der Waals surface area contributed by atoms with E-state index in [-0.39, 0.29) is 0 Å². The van der Waals surface area contributed by atoms with E-state index in [1.54, 1.807) is 17.8 Å². The Hall–Kier alpha value is -0.690. The minimum Gasteiger partial charge on any atom is -0.134 e. The first-order chi connectivity index (χ1) is 5.74. The maximum absolute atomic E-state index is 3.67. The Kier molecular flexibility index (Phi) is 6.58. The van der Waals surface area contributed by atoms with E-state index in [4.69, 9.17) is 0 Å². The van der Waals surface area contributed by atoms with Crippen LogP contribution in [0.2, 0.25) is 0 Å². The Morgan fingerprint density at radius 3 is 2.50 bits per heavy atom. The first-order valence-electron chi connectivity index (χ1n) is 3.92. The molecule has 0 nitrogen and oxygen atoms in total. The van der Waals surface area contributed by atoms with E-state index in [0.29, 0.717) is 0 Å². The summed E-state index contributed by atoms with van der Waals surface area (Å²) < 4.78 is 0. The average molecular weight is 180 g/mol. The molecule has 0 radical (unpaired) electrons. The molecule has 0 N–H and O–H groups in total. The van der Waals surface area contributed by atoms with Gasteiger partial charge in [0.1, 0.15) is 0 Å². The minimum absolute atomic E-state index is 1.19. The zero-order chi connectivity index (χ0) is 9.40. The maximum Gasteiger partial charge on any atom is -0.0140 e. The summed E-state index contributed by atoms with van der Waals surface area (Å²) in [6.45, 7) is 7.78. The van der Waals surface area contributed by atoms with E-state index < -0.39 is 0 Å². The van der Waals surface area contributed by atoms with Gasteiger partial charge in [0.15, 0.2) is 0 Å². The van der Waals surface area contributed by atoms with E-state index in [0.717, 1.165) is 0 Å². The monoisotopic (exact) mass is 180 g/mol. The Morgan fingerprint density at radius 2 is 2.08 bits per heavy atom. The third kappa shape index (κ3) is 5.03. The molecule has 0 aromatic rings. The Labute approximate surface area is 79.8 Å². The highest BCUT2D eigenvalue weighted by Gasteiger charge is 1.87. The van der Waals surface area contributed by atoms with Crippen LogP contribution in [-0.2, 0) is 0 Å². The number of allylic oxidation sites excluding steroid dienone is 7. The van der Waals surface area contributed by atoms with Crippen LogP contribution >= 0.6 is 11.8 Å². The number of hydrogen-bond acceptors (Lipinski definition) is 1. The summed E-state index contributed by atoms with van der Waals surface area (Å²) in [5.74, 6) is 0. The molecule has 0 amide bonds. The van der Waals surface area contributed by atoms with Crippen LogP contribution in [0.4, 0.5) is 0 Å². The third-order valence-corrected chi connectivity index (χ3v) is 2.12. The topological polar surface area (TPSA) is 0 Å². The first kappa shape index (κ1) is 11.3. The maximum atomic E-state index is 3.67. The van der Waals surface area contributed by atoms with Crippen LogP contribution in [0.3, 0.4) is 0 Å². The molecule has 0 heterocycles. The predicted octanol–water partition coefficient (Wildman–Crippen LogP) is 3.94. The molecule has 1 heteroatoms. The normalized spacial score (nSPS) is 13.9. The highest BCUT2D eigenvalue weighted by Crippen LogP contribution is 2.13. The summed E-state index contributed by atoms with van der Waals surface area (Å²) in [6.07, 6.45) is 12.1. The van der Waals surface area contributed by atoms with Crippen molar-refractivity contribution in [2.45, 2.75) is 13.8 Å². The van der Waals surface area contributed by atoms with Crippen molar-refractivity contribution in [2.24, 2.45) is 0 Å². The fourth-order valence-corrected chi connectivity index (χ4v) is 1.03. The van der Waals surface area contributed by atoms with E-state index >= 15 is 0 Å².